The fourth-order valence-corrected chi connectivity index (χ4v) is 4.80. The summed E-state index contributed by atoms with van der Waals surface area (Å²) in [6.07, 6.45) is 8.43. The Kier molecular flexibility index (Phi) is 9.08. The lowest BCUT2D eigenvalue weighted by Gasteiger charge is -2.51. The van der Waals surface area contributed by atoms with E-state index in [0.717, 1.165) is 51.6 Å². The van der Waals surface area contributed by atoms with E-state index in [-0.39, 0.29) is 17.7 Å². The van der Waals surface area contributed by atoms with Gasteiger partial charge >= 0.3 is 0 Å². The Morgan fingerprint density at radius 2 is 1.73 bits per heavy atom. The fraction of sp³-hybridized carbons (Fsp3) is 0.900. The molecule has 2 atom stereocenters. The molecule has 0 radical (unpaired) electrons. The van der Waals surface area contributed by atoms with E-state index in [1.807, 2.05) is 4.90 Å². The van der Waals surface area contributed by atoms with Gasteiger partial charge in [-0.3, -0.25) is 14.1 Å². The normalized spacial score (nSPS) is 26.0. The van der Waals surface area contributed by atoms with E-state index >= 15 is 0 Å². The van der Waals surface area contributed by atoms with Crippen LogP contribution in [0.1, 0.15) is 64.7 Å². The number of piperazine rings is 1. The first-order valence-electron chi connectivity index (χ1n) is 11.0. The van der Waals surface area contributed by atoms with E-state index < -0.39 is 27.8 Å². The number of aliphatic hydroxyl groups is 1. The third-order valence-electron chi connectivity index (χ3n) is 6.40. The average Bonchev–Trinajstić information content (AvgIpc) is 2.70. The summed E-state index contributed by atoms with van der Waals surface area (Å²) < 4.78 is 25.9. The number of carbonyl (C=O) groups is 2. The van der Waals surface area contributed by atoms with Gasteiger partial charge in [-0.15, -0.1) is 0 Å². The average molecular weight is 448 g/mol. The largest absolute Gasteiger partial charge is 0.390 e. The molecule has 2 amide bonds. The number of amides is 2. The molecule has 30 heavy (non-hydrogen) atoms. The van der Waals surface area contributed by atoms with Gasteiger partial charge in [0.25, 0.3) is 10.1 Å². The molecule has 4 N–H and O–H groups in total. The van der Waals surface area contributed by atoms with Gasteiger partial charge in [-0.25, -0.2) is 0 Å². The highest BCUT2D eigenvalue weighted by molar-refractivity contribution is 7.85. The van der Waals surface area contributed by atoms with Crippen LogP contribution in [0.3, 0.4) is 0 Å². The van der Waals surface area contributed by atoms with Gasteiger partial charge in [0.05, 0.1) is 12.4 Å². The molecule has 1 aliphatic carbocycles. The highest BCUT2D eigenvalue weighted by Gasteiger charge is 2.54. The summed E-state index contributed by atoms with van der Waals surface area (Å²) in [4.78, 5) is 28.1. The van der Waals surface area contributed by atoms with Crippen LogP contribution in [0.2, 0.25) is 0 Å². The molecule has 2 heterocycles. The molecule has 0 aromatic carbocycles. The van der Waals surface area contributed by atoms with Crippen molar-refractivity contribution in [1.29, 1.82) is 0 Å². The molecule has 1 spiro atoms. The Hall–Kier alpha value is -1.23. The maximum atomic E-state index is 13.3. The van der Waals surface area contributed by atoms with Crippen LogP contribution in [0.5, 0.6) is 0 Å². The van der Waals surface area contributed by atoms with Crippen LogP contribution < -0.4 is 10.6 Å². The molecule has 10 heteroatoms. The second kappa shape index (κ2) is 10.9. The number of carbonyl (C=O) groups excluding carboxylic acids is 2. The maximum Gasteiger partial charge on any atom is 0.261 e. The molecule has 0 bridgehead atoms. The van der Waals surface area contributed by atoms with Crippen molar-refractivity contribution in [2.24, 2.45) is 5.92 Å². The number of hydrogen-bond acceptors (Lipinski definition) is 6. The minimum absolute atomic E-state index is 0.0652. The summed E-state index contributed by atoms with van der Waals surface area (Å²) >= 11 is 0. The number of aliphatic hydroxyl groups excluding tert-OH is 1. The Morgan fingerprint density at radius 1 is 1.17 bits per heavy atom. The molecule has 3 rings (SSSR count). The zero-order valence-electron chi connectivity index (χ0n) is 18.1. The Labute approximate surface area is 179 Å². The van der Waals surface area contributed by atoms with Crippen molar-refractivity contribution in [3.05, 3.63) is 0 Å². The van der Waals surface area contributed by atoms with E-state index in [9.17, 15) is 23.1 Å². The van der Waals surface area contributed by atoms with Crippen LogP contribution in [-0.4, -0.2) is 78.4 Å². The smallest absolute Gasteiger partial charge is 0.261 e. The zero-order chi connectivity index (χ0) is 22.4. The Morgan fingerprint density at radius 3 is 2.27 bits per heavy atom. The highest BCUT2D eigenvalue weighted by atomic mass is 32.2. The standard InChI is InChI=1S/C19H33N3O3.CH4O3S/c1-2-3-13-22-17(24)15(16(23)14-7-5-4-6-8-14)21-18(25)19(22)9-11-20-12-10-19;1-5(2,3)4/h14-16,20,23H,2-13H2,1H3,(H,21,25);1H3,(H,2,3,4)/t15-,16-;/m1./s1. The van der Waals surface area contributed by atoms with Gasteiger partial charge in [0.1, 0.15) is 11.6 Å². The second-order valence-electron chi connectivity index (χ2n) is 8.70. The van der Waals surface area contributed by atoms with Crippen molar-refractivity contribution in [2.75, 3.05) is 25.9 Å². The third-order valence-corrected chi connectivity index (χ3v) is 6.40. The first-order valence-corrected chi connectivity index (χ1v) is 12.9. The van der Waals surface area contributed by atoms with E-state index in [4.69, 9.17) is 4.55 Å². The predicted octanol–water partition coefficient (Wildman–Crippen LogP) is 0.681. The Bertz CT molecular complexity index is 679. The molecule has 3 aliphatic rings. The summed E-state index contributed by atoms with van der Waals surface area (Å²) in [6.45, 7) is 4.20. The first kappa shape index (κ1) is 25.0. The molecule has 0 aromatic rings. The van der Waals surface area contributed by atoms with Crippen molar-refractivity contribution in [1.82, 2.24) is 15.5 Å². The van der Waals surface area contributed by atoms with E-state index in [1.165, 1.54) is 6.42 Å². The van der Waals surface area contributed by atoms with Crippen molar-refractivity contribution in [3.63, 3.8) is 0 Å². The van der Waals surface area contributed by atoms with Gasteiger partial charge < -0.3 is 20.6 Å². The lowest BCUT2D eigenvalue weighted by atomic mass is 9.78. The SMILES string of the molecule is CCCCN1C(=O)[C@@H]([C@H](O)C2CCCCC2)NC(=O)C12CCNCC2.CS(=O)(=O)O. The van der Waals surface area contributed by atoms with Crippen LogP contribution in [0.15, 0.2) is 0 Å². The summed E-state index contributed by atoms with van der Waals surface area (Å²) in [5.74, 6) is -0.0179. The van der Waals surface area contributed by atoms with Crippen LogP contribution in [0.4, 0.5) is 0 Å². The molecular weight excluding hydrogens is 410 g/mol. The molecule has 0 aromatic heterocycles. The minimum atomic E-state index is -3.67. The highest BCUT2D eigenvalue weighted by Crippen LogP contribution is 2.34. The van der Waals surface area contributed by atoms with Gasteiger partial charge in [0.15, 0.2) is 0 Å². The van der Waals surface area contributed by atoms with Gasteiger partial charge in [-0.2, -0.15) is 8.42 Å². The quantitative estimate of drug-likeness (QED) is 0.455. The summed E-state index contributed by atoms with van der Waals surface area (Å²) in [6, 6.07) is -0.770. The number of piperidine rings is 1. The number of nitrogens with one attached hydrogen (secondary N) is 2. The van der Waals surface area contributed by atoms with Crippen molar-refractivity contribution in [2.45, 2.75) is 82.4 Å². The first-order chi connectivity index (χ1) is 14.1. The maximum absolute atomic E-state index is 13.3. The molecule has 0 unspecified atom stereocenters. The zero-order valence-corrected chi connectivity index (χ0v) is 18.9. The fourth-order valence-electron chi connectivity index (χ4n) is 4.80. The van der Waals surface area contributed by atoms with Crippen molar-refractivity contribution in [3.8, 4) is 0 Å². The lowest BCUT2D eigenvalue weighted by molar-refractivity contribution is -0.164. The Balaban J connectivity index is 0.000000575. The van der Waals surface area contributed by atoms with Crippen LogP contribution in [0.25, 0.3) is 0 Å². The molecule has 9 nitrogen and oxygen atoms in total. The number of unbranched alkanes of at least 4 members (excludes halogenated alkanes) is 1. The molecule has 2 saturated heterocycles. The molecular formula is C20H37N3O6S. The van der Waals surface area contributed by atoms with Crippen LogP contribution in [0, 0.1) is 5.92 Å². The monoisotopic (exact) mass is 447 g/mol. The van der Waals surface area contributed by atoms with E-state index in [2.05, 4.69) is 17.6 Å². The topological polar surface area (TPSA) is 136 Å². The van der Waals surface area contributed by atoms with Crippen molar-refractivity contribution >= 4 is 21.9 Å². The number of hydrogen-bond donors (Lipinski definition) is 4. The molecule has 174 valence electrons. The number of rotatable bonds is 5. The summed E-state index contributed by atoms with van der Waals surface area (Å²) in [7, 11) is -3.67. The van der Waals surface area contributed by atoms with E-state index in [1.54, 1.807) is 0 Å². The van der Waals surface area contributed by atoms with E-state index in [0.29, 0.717) is 25.6 Å². The lowest BCUT2D eigenvalue weighted by Crippen LogP contribution is -2.75. The number of nitrogens with zero attached hydrogens (tertiary/aromatic N) is 1. The molecule has 3 fully saturated rings. The van der Waals surface area contributed by atoms with Gasteiger partial charge in [-0.1, -0.05) is 32.6 Å². The van der Waals surface area contributed by atoms with Crippen LogP contribution in [-0.2, 0) is 19.7 Å². The minimum Gasteiger partial charge on any atom is -0.390 e. The molecule has 2 aliphatic heterocycles. The van der Waals surface area contributed by atoms with Gasteiger partial charge in [0.2, 0.25) is 11.8 Å². The second-order valence-corrected chi connectivity index (χ2v) is 10.2. The van der Waals surface area contributed by atoms with Gasteiger partial charge in [0, 0.05) is 6.54 Å². The summed E-state index contributed by atoms with van der Waals surface area (Å²) in [5.41, 5.74) is -0.722. The van der Waals surface area contributed by atoms with Gasteiger partial charge in [-0.05, 0) is 51.1 Å². The summed E-state index contributed by atoms with van der Waals surface area (Å²) in [5, 5.41) is 17.1. The molecule has 1 saturated carbocycles. The van der Waals surface area contributed by atoms with Crippen LogP contribution >= 0.6 is 0 Å². The predicted molar refractivity (Wildman–Crippen MR) is 113 cm³/mol. The van der Waals surface area contributed by atoms with Crippen molar-refractivity contribution < 1.29 is 27.7 Å². The third kappa shape index (κ3) is 6.38.